The molecule has 0 spiro atoms. The molecule has 0 bridgehead atoms. The normalized spacial score (nSPS) is 10.1. The van der Waals surface area contributed by atoms with E-state index in [-0.39, 0.29) is 0 Å². The Bertz CT molecular complexity index is 326. The average Bonchev–Trinajstić information content (AvgIpc) is 2.51. The first-order valence-electron chi connectivity index (χ1n) is 4.63. The average molecular weight is 194 g/mol. The molecule has 0 aliphatic heterocycles. The minimum atomic E-state index is 0.320. The molecule has 0 fully saturated rings. The summed E-state index contributed by atoms with van der Waals surface area (Å²) < 4.78 is 6.97. The van der Waals surface area contributed by atoms with Gasteiger partial charge in [0.2, 0.25) is 0 Å². The van der Waals surface area contributed by atoms with Crippen LogP contribution < -0.4 is 0 Å². The molecule has 5 heteroatoms. The molecule has 0 aliphatic carbocycles. The quantitative estimate of drug-likeness (QED) is 0.647. The highest BCUT2D eigenvalue weighted by Crippen LogP contribution is 2.03. The first kappa shape index (κ1) is 10.7. The van der Waals surface area contributed by atoms with Crippen LogP contribution in [0.25, 0.3) is 0 Å². The van der Waals surface area contributed by atoms with Crippen molar-refractivity contribution in [1.29, 1.82) is 5.26 Å². The summed E-state index contributed by atoms with van der Waals surface area (Å²) in [6.07, 6.45) is 0.320. The summed E-state index contributed by atoms with van der Waals surface area (Å²) in [6.45, 7) is 5.90. The summed E-state index contributed by atoms with van der Waals surface area (Å²) in [7, 11) is 0. The van der Waals surface area contributed by atoms with Gasteiger partial charge >= 0.3 is 0 Å². The van der Waals surface area contributed by atoms with Crippen LogP contribution >= 0.6 is 0 Å². The van der Waals surface area contributed by atoms with E-state index in [1.165, 1.54) is 0 Å². The molecule has 14 heavy (non-hydrogen) atoms. The first-order valence-corrected chi connectivity index (χ1v) is 4.63. The molecule has 1 rings (SSSR count). The lowest BCUT2D eigenvalue weighted by molar-refractivity contribution is 0.135. The minimum Gasteiger partial charge on any atom is -0.380 e. The van der Waals surface area contributed by atoms with Gasteiger partial charge in [-0.1, -0.05) is 5.21 Å². The fourth-order valence-electron chi connectivity index (χ4n) is 1.14. The molecule has 0 saturated carbocycles. The molecule has 5 nitrogen and oxygen atoms in total. The number of hydrogen-bond acceptors (Lipinski definition) is 4. The minimum absolute atomic E-state index is 0.320. The number of ether oxygens (including phenoxy) is 1. The Kier molecular flexibility index (Phi) is 4.08. The van der Waals surface area contributed by atoms with Gasteiger partial charge in [-0.25, -0.2) is 4.68 Å². The predicted octanol–water partition coefficient (Wildman–Crippen LogP) is 0.689. The fourth-order valence-corrected chi connectivity index (χ4v) is 1.14. The van der Waals surface area contributed by atoms with Crippen molar-refractivity contribution in [2.45, 2.75) is 26.8 Å². The number of hydrogen-bond donors (Lipinski definition) is 0. The summed E-state index contributed by atoms with van der Waals surface area (Å²) in [5.41, 5.74) is 1.70. The van der Waals surface area contributed by atoms with E-state index in [0.717, 1.165) is 11.4 Å². The van der Waals surface area contributed by atoms with E-state index < -0.39 is 0 Å². The van der Waals surface area contributed by atoms with E-state index in [1.54, 1.807) is 4.68 Å². The van der Waals surface area contributed by atoms with Crippen LogP contribution in [0.5, 0.6) is 0 Å². The molecule has 1 aromatic rings. The second-order valence-corrected chi connectivity index (χ2v) is 2.88. The van der Waals surface area contributed by atoms with Crippen LogP contribution in [0, 0.1) is 18.3 Å². The largest absolute Gasteiger partial charge is 0.380 e. The smallest absolute Gasteiger partial charge is 0.0996 e. The molecular formula is C9H14N4O. The van der Waals surface area contributed by atoms with Crippen molar-refractivity contribution in [2.24, 2.45) is 0 Å². The van der Waals surface area contributed by atoms with Crippen LogP contribution in [0.2, 0.25) is 0 Å². The fraction of sp³-hybridized carbons (Fsp3) is 0.667. The van der Waals surface area contributed by atoms with Gasteiger partial charge in [0.25, 0.3) is 0 Å². The monoisotopic (exact) mass is 194 g/mol. The Labute approximate surface area is 83.3 Å². The molecule has 1 heterocycles. The van der Waals surface area contributed by atoms with Crippen molar-refractivity contribution in [3.63, 3.8) is 0 Å². The third-order valence-electron chi connectivity index (χ3n) is 1.98. The zero-order valence-electron chi connectivity index (χ0n) is 8.53. The highest BCUT2D eigenvalue weighted by molar-refractivity contribution is 5.11. The summed E-state index contributed by atoms with van der Waals surface area (Å²) in [4.78, 5) is 0. The lowest BCUT2D eigenvalue weighted by Gasteiger charge is -2.02. The van der Waals surface area contributed by atoms with Crippen LogP contribution in [-0.2, 0) is 17.7 Å². The standard InChI is InChI=1S/C9H14N4O/c1-3-14-7-6-13-8(2)9(4-5-10)11-12-13/h3-4,6-7H2,1-2H3. The van der Waals surface area contributed by atoms with Gasteiger partial charge in [0.05, 0.1) is 37.0 Å². The zero-order chi connectivity index (χ0) is 10.4. The maximum atomic E-state index is 8.52. The third kappa shape index (κ3) is 2.54. The van der Waals surface area contributed by atoms with Gasteiger partial charge in [0.15, 0.2) is 0 Å². The van der Waals surface area contributed by atoms with E-state index >= 15 is 0 Å². The highest BCUT2D eigenvalue weighted by Gasteiger charge is 2.06. The van der Waals surface area contributed by atoms with Crippen LogP contribution in [0.15, 0.2) is 0 Å². The molecule has 0 atom stereocenters. The van der Waals surface area contributed by atoms with Crippen LogP contribution in [0.1, 0.15) is 18.3 Å². The van der Waals surface area contributed by atoms with Crippen molar-refractivity contribution >= 4 is 0 Å². The van der Waals surface area contributed by atoms with Crippen molar-refractivity contribution in [1.82, 2.24) is 15.0 Å². The first-order chi connectivity index (χ1) is 6.79. The maximum absolute atomic E-state index is 8.52. The molecule has 0 amide bonds. The van der Waals surface area contributed by atoms with Gasteiger partial charge < -0.3 is 4.74 Å². The molecule has 0 radical (unpaired) electrons. The summed E-state index contributed by atoms with van der Waals surface area (Å²) in [5, 5.41) is 16.4. The SMILES string of the molecule is CCOCCn1nnc(CC#N)c1C. The van der Waals surface area contributed by atoms with Crippen LogP contribution in [-0.4, -0.2) is 28.2 Å². The Hall–Kier alpha value is -1.41. The molecule has 0 unspecified atom stereocenters. The number of nitriles is 1. The van der Waals surface area contributed by atoms with Gasteiger partial charge in [-0.15, -0.1) is 5.10 Å². The number of nitrogens with zero attached hydrogens (tertiary/aromatic N) is 4. The van der Waals surface area contributed by atoms with Crippen molar-refractivity contribution in [3.8, 4) is 6.07 Å². The van der Waals surface area contributed by atoms with E-state index in [2.05, 4.69) is 16.4 Å². The molecule has 0 aromatic carbocycles. The van der Waals surface area contributed by atoms with E-state index in [0.29, 0.717) is 26.2 Å². The number of rotatable bonds is 5. The van der Waals surface area contributed by atoms with Crippen LogP contribution in [0.4, 0.5) is 0 Å². The van der Waals surface area contributed by atoms with E-state index in [9.17, 15) is 0 Å². The zero-order valence-corrected chi connectivity index (χ0v) is 8.53. The molecule has 76 valence electrons. The summed E-state index contributed by atoms with van der Waals surface area (Å²) in [6, 6.07) is 2.06. The van der Waals surface area contributed by atoms with Crippen molar-refractivity contribution < 1.29 is 4.74 Å². The lowest BCUT2D eigenvalue weighted by atomic mass is 10.3. The third-order valence-corrected chi connectivity index (χ3v) is 1.98. The maximum Gasteiger partial charge on any atom is 0.0996 e. The highest BCUT2D eigenvalue weighted by atomic mass is 16.5. The Morgan fingerprint density at radius 1 is 1.57 bits per heavy atom. The summed E-state index contributed by atoms with van der Waals surface area (Å²) >= 11 is 0. The van der Waals surface area contributed by atoms with E-state index in [1.807, 2.05) is 13.8 Å². The molecule has 1 aromatic heterocycles. The van der Waals surface area contributed by atoms with Crippen molar-refractivity contribution in [3.05, 3.63) is 11.4 Å². The van der Waals surface area contributed by atoms with Gasteiger partial charge in [-0.2, -0.15) is 5.26 Å². The Morgan fingerprint density at radius 3 is 3.00 bits per heavy atom. The molecule has 0 N–H and O–H groups in total. The second-order valence-electron chi connectivity index (χ2n) is 2.88. The van der Waals surface area contributed by atoms with Gasteiger partial charge in [-0.05, 0) is 13.8 Å². The topological polar surface area (TPSA) is 63.7 Å². The van der Waals surface area contributed by atoms with Crippen molar-refractivity contribution in [2.75, 3.05) is 13.2 Å². The Balaban J connectivity index is 2.56. The number of aromatic nitrogens is 3. The molecule has 0 saturated heterocycles. The molecular weight excluding hydrogens is 180 g/mol. The van der Waals surface area contributed by atoms with Gasteiger partial charge in [0.1, 0.15) is 0 Å². The lowest BCUT2D eigenvalue weighted by Crippen LogP contribution is -2.09. The predicted molar refractivity (Wildman–Crippen MR) is 50.6 cm³/mol. The van der Waals surface area contributed by atoms with Gasteiger partial charge in [0, 0.05) is 6.61 Å². The van der Waals surface area contributed by atoms with E-state index in [4.69, 9.17) is 10.00 Å². The second kappa shape index (κ2) is 5.35. The van der Waals surface area contributed by atoms with Crippen LogP contribution in [0.3, 0.4) is 0 Å². The Morgan fingerprint density at radius 2 is 2.36 bits per heavy atom. The van der Waals surface area contributed by atoms with Gasteiger partial charge in [-0.3, -0.25) is 0 Å². The molecule has 0 aliphatic rings. The summed E-state index contributed by atoms with van der Waals surface area (Å²) in [5.74, 6) is 0.